The quantitative estimate of drug-likeness (QED) is 0.443. The highest BCUT2D eigenvalue weighted by atomic mass is 16.5. The third kappa shape index (κ3) is 6.56. The standard InChI is InChI=1S/C25H33N3O3/c1-19-12-13-20(2)23(17-19)31-16-15-28-22-10-7-6-9-21(22)27-24(28)11-5-4-8-14-26-25(29)18-30-3/h6-7,9-10,12-13,17H,4-5,8,11,14-16,18H2,1-3H3,(H,26,29). The van der Waals surface area contributed by atoms with Crippen LogP contribution in [0.3, 0.4) is 0 Å². The first-order valence-corrected chi connectivity index (χ1v) is 11.0. The Morgan fingerprint density at radius 1 is 1.10 bits per heavy atom. The van der Waals surface area contributed by atoms with Gasteiger partial charge >= 0.3 is 0 Å². The number of rotatable bonds is 12. The van der Waals surface area contributed by atoms with E-state index >= 15 is 0 Å². The largest absolute Gasteiger partial charge is 0.491 e. The second-order valence-electron chi connectivity index (χ2n) is 7.88. The maximum absolute atomic E-state index is 11.4. The number of hydrogen-bond donors (Lipinski definition) is 1. The number of carbonyl (C=O) groups excluding carboxylic acids is 1. The van der Waals surface area contributed by atoms with Crippen LogP contribution >= 0.6 is 0 Å². The average Bonchev–Trinajstić information content (AvgIpc) is 3.11. The lowest BCUT2D eigenvalue weighted by atomic mass is 10.1. The van der Waals surface area contributed by atoms with E-state index in [9.17, 15) is 4.79 Å². The molecule has 0 atom stereocenters. The van der Waals surface area contributed by atoms with Gasteiger partial charge in [0.25, 0.3) is 0 Å². The van der Waals surface area contributed by atoms with Crippen LogP contribution in [0, 0.1) is 13.8 Å². The number of fused-ring (bicyclic) bond motifs is 1. The van der Waals surface area contributed by atoms with Gasteiger partial charge in [-0.2, -0.15) is 0 Å². The lowest BCUT2D eigenvalue weighted by molar-refractivity contribution is -0.124. The highest BCUT2D eigenvalue weighted by molar-refractivity contribution is 5.77. The van der Waals surface area contributed by atoms with Gasteiger partial charge in [-0.3, -0.25) is 4.79 Å². The molecule has 1 N–H and O–H groups in total. The number of unbranched alkanes of at least 4 members (excludes halogenated alkanes) is 2. The van der Waals surface area contributed by atoms with Gasteiger partial charge in [-0.1, -0.05) is 30.7 Å². The Labute approximate surface area is 184 Å². The van der Waals surface area contributed by atoms with E-state index in [1.807, 2.05) is 6.07 Å². The summed E-state index contributed by atoms with van der Waals surface area (Å²) < 4.78 is 13.2. The van der Waals surface area contributed by atoms with E-state index in [1.165, 1.54) is 12.7 Å². The molecule has 1 amide bonds. The number of para-hydroxylation sites is 2. The molecule has 0 radical (unpaired) electrons. The molecule has 6 heteroatoms. The topological polar surface area (TPSA) is 65.4 Å². The zero-order valence-electron chi connectivity index (χ0n) is 18.8. The molecule has 1 heterocycles. The van der Waals surface area contributed by atoms with Crippen LogP contribution in [0.5, 0.6) is 5.75 Å². The Morgan fingerprint density at radius 2 is 1.94 bits per heavy atom. The van der Waals surface area contributed by atoms with Crippen molar-refractivity contribution < 1.29 is 14.3 Å². The molecule has 0 unspecified atom stereocenters. The molecule has 166 valence electrons. The molecule has 31 heavy (non-hydrogen) atoms. The van der Waals surface area contributed by atoms with Crippen LogP contribution < -0.4 is 10.1 Å². The Balaban J connectivity index is 1.56. The third-order valence-corrected chi connectivity index (χ3v) is 5.32. The second-order valence-corrected chi connectivity index (χ2v) is 7.88. The van der Waals surface area contributed by atoms with E-state index in [0.717, 1.165) is 60.4 Å². The summed E-state index contributed by atoms with van der Waals surface area (Å²) in [6, 6.07) is 14.6. The fourth-order valence-electron chi connectivity index (χ4n) is 3.67. The number of benzene rings is 2. The minimum atomic E-state index is -0.0619. The highest BCUT2D eigenvalue weighted by Gasteiger charge is 2.11. The average molecular weight is 424 g/mol. The summed E-state index contributed by atoms with van der Waals surface area (Å²) in [5.74, 6) is 1.98. The lowest BCUT2D eigenvalue weighted by Gasteiger charge is -2.13. The summed E-state index contributed by atoms with van der Waals surface area (Å²) in [5.41, 5.74) is 4.52. The van der Waals surface area contributed by atoms with Gasteiger partial charge in [0, 0.05) is 20.1 Å². The van der Waals surface area contributed by atoms with Crippen molar-refractivity contribution in [2.75, 3.05) is 26.9 Å². The molecule has 0 bridgehead atoms. The van der Waals surface area contributed by atoms with Crippen LogP contribution in [0.1, 0.15) is 36.2 Å². The monoisotopic (exact) mass is 423 g/mol. The summed E-state index contributed by atoms with van der Waals surface area (Å²) in [6.45, 7) is 6.32. The molecule has 0 fully saturated rings. The summed E-state index contributed by atoms with van der Waals surface area (Å²) in [6.07, 6.45) is 3.92. The van der Waals surface area contributed by atoms with Crippen molar-refractivity contribution in [2.45, 2.75) is 46.1 Å². The normalized spacial score (nSPS) is 11.1. The number of aryl methyl sites for hydroxylation is 3. The van der Waals surface area contributed by atoms with Crippen LogP contribution in [0.15, 0.2) is 42.5 Å². The first-order valence-electron chi connectivity index (χ1n) is 11.0. The van der Waals surface area contributed by atoms with Crippen molar-refractivity contribution in [1.82, 2.24) is 14.9 Å². The van der Waals surface area contributed by atoms with Gasteiger partial charge in [-0.25, -0.2) is 4.98 Å². The predicted octanol–water partition coefficient (Wildman–Crippen LogP) is 4.21. The number of amides is 1. The first-order chi connectivity index (χ1) is 15.1. The minimum absolute atomic E-state index is 0.0619. The number of aromatic nitrogens is 2. The van der Waals surface area contributed by atoms with Crippen molar-refractivity contribution in [3.63, 3.8) is 0 Å². The van der Waals surface area contributed by atoms with Gasteiger partial charge in [0.05, 0.1) is 17.6 Å². The summed E-state index contributed by atoms with van der Waals surface area (Å²) in [5, 5.41) is 2.87. The smallest absolute Gasteiger partial charge is 0.245 e. The van der Waals surface area contributed by atoms with Gasteiger partial charge in [0.2, 0.25) is 5.91 Å². The Morgan fingerprint density at radius 3 is 2.77 bits per heavy atom. The second kappa shape index (κ2) is 11.5. The van der Waals surface area contributed by atoms with Gasteiger partial charge in [0.15, 0.2) is 0 Å². The minimum Gasteiger partial charge on any atom is -0.491 e. The first kappa shape index (κ1) is 22.8. The Bertz CT molecular complexity index is 997. The zero-order valence-corrected chi connectivity index (χ0v) is 18.8. The molecule has 0 saturated carbocycles. The van der Waals surface area contributed by atoms with Crippen molar-refractivity contribution in [1.29, 1.82) is 0 Å². The highest BCUT2D eigenvalue weighted by Crippen LogP contribution is 2.21. The molecular formula is C25H33N3O3. The van der Waals surface area contributed by atoms with E-state index in [4.69, 9.17) is 14.5 Å². The van der Waals surface area contributed by atoms with Crippen LogP contribution in [-0.4, -0.2) is 42.3 Å². The Hall–Kier alpha value is -2.86. The van der Waals surface area contributed by atoms with Crippen molar-refractivity contribution >= 4 is 16.9 Å². The van der Waals surface area contributed by atoms with E-state index in [2.05, 4.69) is 60.1 Å². The molecule has 3 rings (SSSR count). The Kier molecular flexibility index (Phi) is 8.47. The summed E-state index contributed by atoms with van der Waals surface area (Å²) in [7, 11) is 1.53. The van der Waals surface area contributed by atoms with Crippen molar-refractivity contribution in [2.24, 2.45) is 0 Å². The maximum atomic E-state index is 11.4. The number of nitrogens with one attached hydrogen (secondary N) is 1. The van der Waals surface area contributed by atoms with Gasteiger partial charge in [-0.05, 0) is 56.0 Å². The molecule has 0 aliphatic rings. The fourth-order valence-corrected chi connectivity index (χ4v) is 3.67. The molecule has 1 aromatic heterocycles. The number of imidazole rings is 1. The predicted molar refractivity (Wildman–Crippen MR) is 124 cm³/mol. The molecule has 0 aliphatic carbocycles. The molecule has 0 saturated heterocycles. The summed E-state index contributed by atoms with van der Waals surface area (Å²) in [4.78, 5) is 16.3. The molecule has 2 aromatic carbocycles. The molecule has 0 aliphatic heterocycles. The van der Waals surface area contributed by atoms with Gasteiger partial charge in [0.1, 0.15) is 24.8 Å². The van der Waals surface area contributed by atoms with E-state index in [1.54, 1.807) is 0 Å². The number of nitrogens with zero attached hydrogens (tertiary/aromatic N) is 2. The van der Waals surface area contributed by atoms with Crippen molar-refractivity contribution in [3.8, 4) is 5.75 Å². The van der Waals surface area contributed by atoms with Gasteiger partial charge in [-0.15, -0.1) is 0 Å². The van der Waals surface area contributed by atoms with Gasteiger partial charge < -0.3 is 19.4 Å². The molecule has 3 aromatic rings. The van der Waals surface area contributed by atoms with E-state index < -0.39 is 0 Å². The number of ether oxygens (including phenoxy) is 2. The fraction of sp³-hybridized carbons (Fsp3) is 0.440. The summed E-state index contributed by atoms with van der Waals surface area (Å²) >= 11 is 0. The van der Waals surface area contributed by atoms with E-state index in [-0.39, 0.29) is 12.5 Å². The molecular weight excluding hydrogens is 390 g/mol. The van der Waals surface area contributed by atoms with Crippen LogP contribution in [-0.2, 0) is 22.5 Å². The molecule has 0 spiro atoms. The number of methoxy groups -OCH3 is 1. The van der Waals surface area contributed by atoms with Crippen molar-refractivity contribution in [3.05, 3.63) is 59.4 Å². The van der Waals surface area contributed by atoms with Crippen LogP contribution in [0.4, 0.5) is 0 Å². The lowest BCUT2D eigenvalue weighted by Crippen LogP contribution is -2.27. The SMILES string of the molecule is COCC(=O)NCCCCCc1nc2ccccc2n1CCOc1cc(C)ccc1C. The molecule has 6 nitrogen and oxygen atoms in total. The van der Waals surface area contributed by atoms with Crippen LogP contribution in [0.25, 0.3) is 11.0 Å². The van der Waals surface area contributed by atoms with Crippen LogP contribution in [0.2, 0.25) is 0 Å². The number of carbonyl (C=O) groups is 1. The number of hydrogen-bond acceptors (Lipinski definition) is 4. The third-order valence-electron chi connectivity index (χ3n) is 5.32. The zero-order chi connectivity index (χ0) is 22.1. The van der Waals surface area contributed by atoms with E-state index in [0.29, 0.717) is 13.2 Å². The maximum Gasteiger partial charge on any atom is 0.245 e.